The number of aryl methyl sites for hydroxylation is 3. The smallest absolute Gasteiger partial charge is 0.00393 e. The van der Waals surface area contributed by atoms with Crippen LogP contribution >= 0.6 is 0 Å². The normalized spacial score (nSPS) is 12.9. The molecule has 1 aromatic carbocycles. The molecule has 0 radical (unpaired) electrons. The average molecular weight is 205 g/mol. The maximum absolute atomic E-state index is 5.95. The van der Waals surface area contributed by atoms with Crippen molar-refractivity contribution < 1.29 is 0 Å². The Morgan fingerprint density at radius 3 is 2.13 bits per heavy atom. The van der Waals surface area contributed by atoms with Crippen LogP contribution in [-0.2, 0) is 6.42 Å². The summed E-state index contributed by atoms with van der Waals surface area (Å²) >= 11 is 0. The van der Waals surface area contributed by atoms with E-state index in [2.05, 4.69) is 39.8 Å². The summed E-state index contributed by atoms with van der Waals surface area (Å²) in [6, 6.07) is 4.88. The molecule has 0 aliphatic rings. The first-order valence-corrected chi connectivity index (χ1v) is 5.87. The van der Waals surface area contributed by atoms with Crippen molar-refractivity contribution in [1.29, 1.82) is 0 Å². The number of rotatable bonds is 4. The Bertz CT molecular complexity index is 305. The second kappa shape index (κ2) is 5.32. The van der Waals surface area contributed by atoms with Crippen LogP contribution < -0.4 is 5.73 Å². The highest BCUT2D eigenvalue weighted by Gasteiger charge is 2.06. The summed E-state index contributed by atoms with van der Waals surface area (Å²) in [5.41, 5.74) is 11.6. The Balaban J connectivity index is 2.77. The Morgan fingerprint density at radius 1 is 1.13 bits per heavy atom. The van der Waals surface area contributed by atoms with Crippen LogP contribution in [-0.4, -0.2) is 6.04 Å². The van der Waals surface area contributed by atoms with Gasteiger partial charge in [0.2, 0.25) is 0 Å². The molecule has 0 aromatic heterocycles. The van der Waals surface area contributed by atoms with Gasteiger partial charge < -0.3 is 5.73 Å². The highest BCUT2D eigenvalue weighted by Crippen LogP contribution is 2.18. The molecular weight excluding hydrogens is 182 g/mol. The first-order valence-electron chi connectivity index (χ1n) is 5.87. The van der Waals surface area contributed by atoms with Gasteiger partial charge in [0.25, 0.3) is 0 Å². The Hall–Kier alpha value is -0.820. The van der Waals surface area contributed by atoms with Crippen LogP contribution in [0.15, 0.2) is 12.1 Å². The second-order valence-corrected chi connectivity index (χ2v) is 4.58. The minimum atomic E-state index is 0.352. The highest BCUT2D eigenvalue weighted by atomic mass is 14.6. The van der Waals surface area contributed by atoms with E-state index >= 15 is 0 Å². The lowest BCUT2D eigenvalue weighted by Gasteiger charge is -2.13. The highest BCUT2D eigenvalue weighted by molar-refractivity contribution is 5.37. The summed E-state index contributed by atoms with van der Waals surface area (Å²) in [6.07, 6.45) is 3.29. The van der Waals surface area contributed by atoms with Crippen molar-refractivity contribution in [1.82, 2.24) is 0 Å². The summed E-state index contributed by atoms with van der Waals surface area (Å²) in [5, 5.41) is 0. The van der Waals surface area contributed by atoms with E-state index in [1.165, 1.54) is 22.3 Å². The fourth-order valence-electron chi connectivity index (χ4n) is 2.14. The second-order valence-electron chi connectivity index (χ2n) is 4.58. The van der Waals surface area contributed by atoms with Crippen LogP contribution in [0.3, 0.4) is 0 Å². The molecule has 0 saturated heterocycles. The van der Waals surface area contributed by atoms with Gasteiger partial charge in [-0.25, -0.2) is 0 Å². The third-order valence-corrected chi connectivity index (χ3v) is 3.13. The van der Waals surface area contributed by atoms with E-state index in [1.807, 2.05) is 0 Å². The number of hydrogen-bond acceptors (Lipinski definition) is 1. The third kappa shape index (κ3) is 3.35. The molecule has 0 spiro atoms. The molecule has 2 N–H and O–H groups in total. The maximum Gasteiger partial charge on any atom is 0.00393 e. The number of nitrogens with two attached hydrogens (primary N) is 1. The molecule has 0 heterocycles. The lowest BCUT2D eigenvalue weighted by Crippen LogP contribution is -2.19. The van der Waals surface area contributed by atoms with Gasteiger partial charge in [-0.05, 0) is 56.7 Å². The van der Waals surface area contributed by atoms with Crippen molar-refractivity contribution in [3.63, 3.8) is 0 Å². The van der Waals surface area contributed by atoms with Gasteiger partial charge in [0.15, 0.2) is 0 Å². The molecule has 1 rings (SSSR count). The minimum Gasteiger partial charge on any atom is -0.328 e. The van der Waals surface area contributed by atoms with Crippen LogP contribution in [0.25, 0.3) is 0 Å². The van der Waals surface area contributed by atoms with Crippen LogP contribution in [0, 0.1) is 20.8 Å². The maximum atomic E-state index is 5.95. The molecule has 0 fully saturated rings. The van der Waals surface area contributed by atoms with Crippen LogP contribution in [0.5, 0.6) is 0 Å². The van der Waals surface area contributed by atoms with Crippen LogP contribution in [0.2, 0.25) is 0 Å². The van der Waals surface area contributed by atoms with Crippen molar-refractivity contribution >= 4 is 0 Å². The molecule has 0 aliphatic heterocycles. The van der Waals surface area contributed by atoms with E-state index in [0.717, 1.165) is 19.3 Å². The van der Waals surface area contributed by atoms with Gasteiger partial charge in [0.1, 0.15) is 0 Å². The standard InChI is InChI=1S/C14H23N/c1-5-13(15)6-7-14-11(3)8-10(2)9-12(14)4/h8-9,13H,5-7,15H2,1-4H3. The molecule has 0 aliphatic carbocycles. The molecule has 15 heavy (non-hydrogen) atoms. The largest absolute Gasteiger partial charge is 0.328 e. The van der Waals surface area contributed by atoms with Gasteiger partial charge in [-0.15, -0.1) is 0 Å². The molecule has 1 aromatic rings. The SMILES string of the molecule is CCC(N)CCc1c(C)cc(C)cc1C. The number of benzene rings is 1. The zero-order valence-corrected chi connectivity index (χ0v) is 10.4. The zero-order chi connectivity index (χ0) is 11.4. The van der Waals surface area contributed by atoms with Gasteiger partial charge in [0.05, 0.1) is 0 Å². The Morgan fingerprint density at radius 2 is 1.67 bits per heavy atom. The summed E-state index contributed by atoms with van der Waals surface area (Å²) in [6.45, 7) is 8.71. The average Bonchev–Trinajstić information content (AvgIpc) is 2.15. The monoisotopic (exact) mass is 205 g/mol. The predicted molar refractivity (Wildman–Crippen MR) is 67.2 cm³/mol. The topological polar surface area (TPSA) is 26.0 Å². The fourth-order valence-corrected chi connectivity index (χ4v) is 2.14. The Labute approximate surface area is 93.7 Å². The van der Waals surface area contributed by atoms with Gasteiger partial charge in [-0.1, -0.05) is 24.6 Å². The van der Waals surface area contributed by atoms with Gasteiger partial charge in [-0.2, -0.15) is 0 Å². The minimum absolute atomic E-state index is 0.352. The van der Waals surface area contributed by atoms with E-state index in [4.69, 9.17) is 5.73 Å². The zero-order valence-electron chi connectivity index (χ0n) is 10.4. The Kier molecular flexibility index (Phi) is 4.34. The van der Waals surface area contributed by atoms with E-state index in [9.17, 15) is 0 Å². The van der Waals surface area contributed by atoms with Crippen molar-refractivity contribution in [3.8, 4) is 0 Å². The molecule has 1 atom stereocenters. The molecule has 0 saturated carbocycles. The van der Waals surface area contributed by atoms with Crippen molar-refractivity contribution in [3.05, 3.63) is 34.4 Å². The van der Waals surface area contributed by atoms with Gasteiger partial charge >= 0.3 is 0 Å². The van der Waals surface area contributed by atoms with Crippen molar-refractivity contribution in [2.45, 2.75) is 53.0 Å². The molecule has 0 amide bonds. The lowest BCUT2D eigenvalue weighted by atomic mass is 9.94. The van der Waals surface area contributed by atoms with Gasteiger partial charge in [0, 0.05) is 6.04 Å². The molecule has 1 nitrogen and oxygen atoms in total. The molecular formula is C14H23N. The molecule has 84 valence electrons. The van der Waals surface area contributed by atoms with Crippen molar-refractivity contribution in [2.75, 3.05) is 0 Å². The summed E-state index contributed by atoms with van der Waals surface area (Å²) in [7, 11) is 0. The fraction of sp³-hybridized carbons (Fsp3) is 0.571. The summed E-state index contributed by atoms with van der Waals surface area (Å²) < 4.78 is 0. The first-order chi connectivity index (χ1) is 7.04. The van der Waals surface area contributed by atoms with E-state index in [0.29, 0.717) is 6.04 Å². The third-order valence-electron chi connectivity index (χ3n) is 3.13. The molecule has 1 unspecified atom stereocenters. The van der Waals surface area contributed by atoms with E-state index < -0.39 is 0 Å². The van der Waals surface area contributed by atoms with Crippen molar-refractivity contribution in [2.24, 2.45) is 5.73 Å². The molecule has 0 bridgehead atoms. The van der Waals surface area contributed by atoms with E-state index in [-0.39, 0.29) is 0 Å². The van der Waals surface area contributed by atoms with Gasteiger partial charge in [-0.3, -0.25) is 0 Å². The lowest BCUT2D eigenvalue weighted by molar-refractivity contribution is 0.594. The quantitative estimate of drug-likeness (QED) is 0.802. The van der Waals surface area contributed by atoms with Crippen LogP contribution in [0.1, 0.15) is 42.0 Å². The predicted octanol–water partition coefficient (Wildman–Crippen LogP) is 3.28. The van der Waals surface area contributed by atoms with Crippen LogP contribution in [0.4, 0.5) is 0 Å². The van der Waals surface area contributed by atoms with E-state index in [1.54, 1.807) is 0 Å². The summed E-state index contributed by atoms with van der Waals surface area (Å²) in [4.78, 5) is 0. The molecule has 1 heteroatoms. The first kappa shape index (κ1) is 12.3. The number of hydrogen-bond donors (Lipinski definition) is 1. The summed E-state index contributed by atoms with van der Waals surface area (Å²) in [5.74, 6) is 0.